The van der Waals surface area contributed by atoms with E-state index in [0.29, 0.717) is 6.42 Å². The number of carbonyl (C=O) groups is 1. The maximum Gasteiger partial charge on any atom is 0.220 e. The molecule has 1 saturated heterocycles. The van der Waals surface area contributed by atoms with Gasteiger partial charge >= 0.3 is 0 Å². The van der Waals surface area contributed by atoms with Gasteiger partial charge in [0.15, 0.2) is 6.29 Å². The molecule has 0 aliphatic carbocycles. The van der Waals surface area contributed by atoms with Crippen molar-refractivity contribution in [1.29, 1.82) is 0 Å². The first-order valence-electron chi connectivity index (χ1n) is 32.8. The molecule has 0 spiro atoms. The molecule has 9 nitrogen and oxygen atoms in total. The van der Waals surface area contributed by atoms with Crippen molar-refractivity contribution in [2.45, 2.75) is 333 Å². The molecule has 1 heterocycles. The molecule has 1 fully saturated rings. The van der Waals surface area contributed by atoms with E-state index < -0.39 is 49.5 Å². The van der Waals surface area contributed by atoms with Crippen molar-refractivity contribution in [2.75, 3.05) is 13.2 Å². The van der Waals surface area contributed by atoms with Gasteiger partial charge in [0.05, 0.1) is 25.4 Å². The van der Waals surface area contributed by atoms with E-state index in [-0.39, 0.29) is 12.5 Å². The summed E-state index contributed by atoms with van der Waals surface area (Å²) in [4.78, 5) is 13.1. The first-order valence-corrected chi connectivity index (χ1v) is 32.8. The van der Waals surface area contributed by atoms with E-state index in [1.165, 1.54) is 199 Å². The molecule has 1 aliphatic heterocycles. The quantitative estimate of drug-likeness (QED) is 0.0261. The van der Waals surface area contributed by atoms with Crippen LogP contribution in [0.2, 0.25) is 0 Å². The van der Waals surface area contributed by atoms with Crippen LogP contribution in [0.5, 0.6) is 0 Å². The second-order valence-corrected chi connectivity index (χ2v) is 22.5. The average molecular weight is 1090 g/mol. The fourth-order valence-corrected chi connectivity index (χ4v) is 10.1. The first-order chi connectivity index (χ1) is 38.3. The van der Waals surface area contributed by atoms with Crippen LogP contribution in [0.25, 0.3) is 0 Å². The molecule has 0 aromatic heterocycles. The van der Waals surface area contributed by atoms with Gasteiger partial charge in [-0.2, -0.15) is 0 Å². The minimum Gasteiger partial charge on any atom is -0.394 e. The first kappa shape index (κ1) is 73.4. The number of hydrogen-bond acceptors (Lipinski definition) is 8. The van der Waals surface area contributed by atoms with E-state index in [2.05, 4.69) is 92.1 Å². The summed E-state index contributed by atoms with van der Waals surface area (Å²) in [7, 11) is 0. The lowest BCUT2D eigenvalue weighted by Gasteiger charge is -2.40. The number of ether oxygens (including phenoxy) is 2. The van der Waals surface area contributed by atoms with E-state index in [4.69, 9.17) is 9.47 Å². The normalized spacial score (nSPS) is 19.2. The largest absolute Gasteiger partial charge is 0.394 e. The van der Waals surface area contributed by atoms with Crippen molar-refractivity contribution in [1.82, 2.24) is 5.32 Å². The monoisotopic (exact) mass is 1090 g/mol. The third-order valence-corrected chi connectivity index (χ3v) is 15.2. The zero-order chi connectivity index (χ0) is 56.5. The molecule has 452 valence electrons. The Morgan fingerprint density at radius 2 is 0.808 bits per heavy atom. The fourth-order valence-electron chi connectivity index (χ4n) is 10.1. The predicted octanol–water partition coefficient (Wildman–Crippen LogP) is 17.4. The summed E-state index contributed by atoms with van der Waals surface area (Å²) in [5.74, 6) is -0.189. The van der Waals surface area contributed by atoms with Gasteiger partial charge in [0, 0.05) is 6.42 Å². The van der Waals surface area contributed by atoms with E-state index in [9.17, 15) is 30.3 Å². The van der Waals surface area contributed by atoms with Gasteiger partial charge in [0.1, 0.15) is 24.4 Å². The van der Waals surface area contributed by atoms with Crippen LogP contribution in [-0.4, -0.2) is 87.5 Å². The summed E-state index contributed by atoms with van der Waals surface area (Å²) in [6, 6.07) is -0.832. The van der Waals surface area contributed by atoms with E-state index in [1.807, 2.05) is 6.08 Å². The zero-order valence-corrected chi connectivity index (χ0v) is 50.4. The Hall–Kier alpha value is -2.63. The summed E-state index contributed by atoms with van der Waals surface area (Å²) in [5.41, 5.74) is 0. The molecule has 0 bridgehead atoms. The molecule has 7 unspecified atom stereocenters. The second-order valence-electron chi connectivity index (χ2n) is 22.5. The highest BCUT2D eigenvalue weighted by Gasteiger charge is 2.44. The Balaban J connectivity index is 2.16. The van der Waals surface area contributed by atoms with Crippen LogP contribution in [0.3, 0.4) is 0 Å². The molecule has 9 heteroatoms. The van der Waals surface area contributed by atoms with Crippen molar-refractivity contribution >= 4 is 5.91 Å². The van der Waals surface area contributed by atoms with Gasteiger partial charge in [-0.3, -0.25) is 4.79 Å². The number of aliphatic hydroxyl groups excluding tert-OH is 5. The summed E-state index contributed by atoms with van der Waals surface area (Å²) in [6.07, 6.45) is 75.3. The fraction of sp³-hybridized carbons (Fsp3) is 0.783. The van der Waals surface area contributed by atoms with E-state index in [0.717, 1.165) is 70.6 Å². The molecule has 1 rings (SSSR count). The van der Waals surface area contributed by atoms with Gasteiger partial charge in [-0.15, -0.1) is 0 Å². The number of amides is 1. The third kappa shape index (κ3) is 46.0. The molecule has 7 atom stereocenters. The molecular formula is C69H123NO8. The van der Waals surface area contributed by atoms with Crippen LogP contribution in [0, 0.1) is 0 Å². The smallest absolute Gasteiger partial charge is 0.220 e. The lowest BCUT2D eigenvalue weighted by Crippen LogP contribution is -2.60. The van der Waals surface area contributed by atoms with Crippen LogP contribution < -0.4 is 5.32 Å². The van der Waals surface area contributed by atoms with Gasteiger partial charge in [0.25, 0.3) is 0 Å². The number of hydrogen-bond donors (Lipinski definition) is 6. The number of rotatable bonds is 56. The van der Waals surface area contributed by atoms with Gasteiger partial charge in [-0.25, -0.2) is 0 Å². The number of carbonyl (C=O) groups excluding carboxylic acids is 1. The average Bonchev–Trinajstić information content (AvgIpc) is 3.45. The minimum absolute atomic E-state index is 0.189. The van der Waals surface area contributed by atoms with Crippen molar-refractivity contribution < 1.29 is 39.8 Å². The van der Waals surface area contributed by atoms with Crippen molar-refractivity contribution in [3.63, 3.8) is 0 Å². The summed E-state index contributed by atoms with van der Waals surface area (Å²) >= 11 is 0. The summed E-state index contributed by atoms with van der Waals surface area (Å²) < 4.78 is 11.3. The van der Waals surface area contributed by atoms with Gasteiger partial charge < -0.3 is 40.3 Å². The van der Waals surface area contributed by atoms with E-state index in [1.54, 1.807) is 6.08 Å². The molecule has 0 aromatic carbocycles. The number of aliphatic hydroxyl groups is 5. The number of allylic oxidation sites excluding steroid dienone is 13. The molecule has 0 radical (unpaired) electrons. The Bertz CT molecular complexity index is 1500. The van der Waals surface area contributed by atoms with Crippen LogP contribution >= 0.6 is 0 Å². The molecule has 0 aromatic rings. The maximum atomic E-state index is 13.1. The highest BCUT2D eigenvalue weighted by molar-refractivity contribution is 5.76. The minimum atomic E-state index is -1.58. The lowest BCUT2D eigenvalue weighted by molar-refractivity contribution is -0.302. The van der Waals surface area contributed by atoms with Crippen LogP contribution in [0.1, 0.15) is 290 Å². The SMILES string of the molecule is CC/C=C\C/C=C\C/C=C\C/C=C\CCCCCCCCCCCCCCCCCCCCCCC(=O)NC(COC1OC(CO)C(O)C(O)C1O)C(O)/C=C/CC/C=C/CC/C=C/CCCCCCCCCCCCCC. The Morgan fingerprint density at radius 3 is 1.23 bits per heavy atom. The highest BCUT2D eigenvalue weighted by Crippen LogP contribution is 2.23. The molecule has 78 heavy (non-hydrogen) atoms. The highest BCUT2D eigenvalue weighted by atomic mass is 16.7. The molecular weight excluding hydrogens is 971 g/mol. The topological polar surface area (TPSA) is 149 Å². The zero-order valence-electron chi connectivity index (χ0n) is 50.4. The molecule has 6 N–H and O–H groups in total. The Kier molecular flexibility index (Phi) is 54.2. The number of nitrogens with one attached hydrogen (secondary N) is 1. The van der Waals surface area contributed by atoms with Gasteiger partial charge in [-0.1, -0.05) is 285 Å². The molecule has 0 saturated carbocycles. The van der Waals surface area contributed by atoms with Gasteiger partial charge in [-0.05, 0) is 83.5 Å². The van der Waals surface area contributed by atoms with Crippen LogP contribution in [0.15, 0.2) is 85.1 Å². The Labute approximate surface area is 480 Å². The van der Waals surface area contributed by atoms with Gasteiger partial charge in [0.2, 0.25) is 5.91 Å². The lowest BCUT2D eigenvalue weighted by atomic mass is 9.99. The van der Waals surface area contributed by atoms with E-state index >= 15 is 0 Å². The number of unbranched alkanes of at least 4 members (excludes halogenated alkanes) is 34. The molecule has 1 aliphatic rings. The van der Waals surface area contributed by atoms with Crippen LogP contribution in [-0.2, 0) is 14.3 Å². The maximum absolute atomic E-state index is 13.1. The third-order valence-electron chi connectivity index (χ3n) is 15.2. The Morgan fingerprint density at radius 1 is 0.449 bits per heavy atom. The van der Waals surface area contributed by atoms with Crippen molar-refractivity contribution in [3.05, 3.63) is 85.1 Å². The standard InChI is InChI=1S/C69H123NO8/c1-3-5-7-9-11-13-15-17-19-21-23-25-27-28-29-30-31-32-33-34-35-36-37-39-41-43-45-47-49-51-53-55-57-59-65(73)70-62(61-77-69-68(76)67(75)66(74)64(60-71)78-69)63(72)58-56-54-52-50-48-46-44-42-40-38-26-24-22-20-18-16-14-12-10-8-6-4-2/h5,7,11,13,17,19,23,25,40,42,48,50,56,58,62-64,66-69,71-72,74-76H,3-4,6,8-10,12,14-16,18,20-22,24,26-39,41,43-47,49,51-55,57,59-61H2,1-2H3,(H,70,73)/b7-5-,13-11-,19-17-,25-23-,42-40+,50-48+,58-56+. The molecule has 1 amide bonds. The predicted molar refractivity (Wildman–Crippen MR) is 332 cm³/mol. The van der Waals surface area contributed by atoms with Crippen LogP contribution in [0.4, 0.5) is 0 Å². The van der Waals surface area contributed by atoms with Crippen molar-refractivity contribution in [2.24, 2.45) is 0 Å². The second kappa shape index (κ2) is 57.6. The van der Waals surface area contributed by atoms with Crippen molar-refractivity contribution in [3.8, 4) is 0 Å². The summed E-state index contributed by atoms with van der Waals surface area (Å²) in [5, 5.41) is 54.6. The summed E-state index contributed by atoms with van der Waals surface area (Å²) in [6.45, 7) is 3.67.